The lowest BCUT2D eigenvalue weighted by Gasteiger charge is -2.13. The maximum atomic E-state index is 12.0. The monoisotopic (exact) mass is 297 g/mol. The van der Waals surface area contributed by atoms with Crippen LogP contribution in [0, 0.1) is 13.8 Å². The van der Waals surface area contributed by atoms with Crippen molar-refractivity contribution in [3.63, 3.8) is 0 Å². The Morgan fingerprint density at radius 1 is 1.27 bits per heavy atom. The Hall–Kier alpha value is -2.40. The van der Waals surface area contributed by atoms with Crippen molar-refractivity contribution in [3.8, 4) is 11.6 Å². The molecule has 0 atom stereocenters. The number of aromatic nitrogens is 1. The highest BCUT2D eigenvalue weighted by Gasteiger charge is 2.45. The molecule has 2 aromatic rings. The maximum absolute atomic E-state index is 12.0. The lowest BCUT2D eigenvalue weighted by molar-refractivity contribution is -0.118. The Bertz CT molecular complexity index is 724. The molecule has 5 nitrogen and oxygen atoms in total. The van der Waals surface area contributed by atoms with Crippen LogP contribution in [0.1, 0.15) is 24.0 Å². The van der Waals surface area contributed by atoms with Crippen molar-refractivity contribution in [2.75, 3.05) is 5.32 Å². The smallest absolute Gasteiger partial charge is 0.244 e. The van der Waals surface area contributed by atoms with Crippen LogP contribution >= 0.6 is 0 Å². The highest BCUT2D eigenvalue weighted by molar-refractivity contribution is 6.00. The minimum Gasteiger partial charge on any atom is -0.439 e. The molecule has 0 radical (unpaired) electrons. The zero-order chi connectivity index (χ0) is 15.7. The third-order valence-corrected chi connectivity index (χ3v) is 3.79. The molecule has 1 aromatic heterocycles. The Balaban J connectivity index is 1.79. The summed E-state index contributed by atoms with van der Waals surface area (Å²) in [7, 11) is 0. The summed E-state index contributed by atoms with van der Waals surface area (Å²) >= 11 is 0. The molecule has 1 amide bonds. The molecule has 1 aromatic carbocycles. The fourth-order valence-corrected chi connectivity index (χ4v) is 2.08. The largest absolute Gasteiger partial charge is 0.439 e. The molecule has 1 saturated carbocycles. The van der Waals surface area contributed by atoms with E-state index >= 15 is 0 Å². The molecule has 0 spiro atoms. The summed E-state index contributed by atoms with van der Waals surface area (Å²) in [5, 5.41) is 2.84. The summed E-state index contributed by atoms with van der Waals surface area (Å²) in [5.41, 5.74) is 7.92. The average Bonchev–Trinajstić information content (AvgIpc) is 3.22. The van der Waals surface area contributed by atoms with Crippen LogP contribution in [0.15, 0.2) is 36.5 Å². The first kappa shape index (κ1) is 14.5. The van der Waals surface area contributed by atoms with Gasteiger partial charge in [0.15, 0.2) is 0 Å². The zero-order valence-electron chi connectivity index (χ0n) is 12.7. The van der Waals surface area contributed by atoms with E-state index in [0.29, 0.717) is 17.3 Å². The fourth-order valence-electron chi connectivity index (χ4n) is 2.08. The lowest BCUT2D eigenvalue weighted by atomic mass is 10.2. The zero-order valence-corrected chi connectivity index (χ0v) is 12.7. The summed E-state index contributed by atoms with van der Waals surface area (Å²) in [4.78, 5) is 16.2. The quantitative estimate of drug-likeness (QED) is 0.909. The molecule has 5 heteroatoms. The summed E-state index contributed by atoms with van der Waals surface area (Å²) in [6, 6.07) is 9.31. The topological polar surface area (TPSA) is 77.2 Å². The normalized spacial score (nSPS) is 15.2. The van der Waals surface area contributed by atoms with Gasteiger partial charge >= 0.3 is 0 Å². The standard InChI is InChI=1S/C17H19N3O2/c1-11-5-8-19-15(9-11)22-14-10-13(4-3-12(14)2)20-16(21)17(18)6-7-17/h3-5,8-10H,6-7,18H2,1-2H3,(H,20,21). The number of nitrogens with zero attached hydrogens (tertiary/aromatic N) is 1. The second-order valence-corrected chi connectivity index (χ2v) is 5.86. The molecule has 1 aliphatic carbocycles. The molecule has 0 unspecified atom stereocenters. The molecule has 114 valence electrons. The van der Waals surface area contributed by atoms with Crippen LogP contribution in [-0.2, 0) is 4.79 Å². The minimum atomic E-state index is -0.690. The molecule has 0 aliphatic heterocycles. The first-order chi connectivity index (χ1) is 10.5. The van der Waals surface area contributed by atoms with Crippen LogP contribution in [0.25, 0.3) is 0 Å². The maximum Gasteiger partial charge on any atom is 0.244 e. The summed E-state index contributed by atoms with van der Waals surface area (Å²) < 4.78 is 5.82. The van der Waals surface area contributed by atoms with Gasteiger partial charge in [0.2, 0.25) is 11.8 Å². The molecular formula is C17H19N3O2. The van der Waals surface area contributed by atoms with E-state index in [1.54, 1.807) is 12.3 Å². The van der Waals surface area contributed by atoms with Crippen LogP contribution in [0.4, 0.5) is 5.69 Å². The van der Waals surface area contributed by atoms with Gasteiger partial charge in [0.25, 0.3) is 0 Å². The number of anilines is 1. The highest BCUT2D eigenvalue weighted by atomic mass is 16.5. The number of hydrogen-bond acceptors (Lipinski definition) is 4. The Morgan fingerprint density at radius 3 is 2.73 bits per heavy atom. The van der Waals surface area contributed by atoms with Crippen molar-refractivity contribution >= 4 is 11.6 Å². The third kappa shape index (κ3) is 3.09. The van der Waals surface area contributed by atoms with Crippen molar-refractivity contribution in [3.05, 3.63) is 47.7 Å². The Labute approximate surface area is 129 Å². The molecule has 1 fully saturated rings. The van der Waals surface area contributed by atoms with E-state index < -0.39 is 5.54 Å². The molecule has 3 rings (SSSR count). The van der Waals surface area contributed by atoms with E-state index in [0.717, 1.165) is 24.0 Å². The molecule has 22 heavy (non-hydrogen) atoms. The number of carbonyl (C=O) groups excluding carboxylic acids is 1. The number of hydrogen-bond donors (Lipinski definition) is 2. The minimum absolute atomic E-state index is 0.143. The number of amides is 1. The van der Waals surface area contributed by atoms with Gasteiger partial charge in [0, 0.05) is 24.0 Å². The number of nitrogens with one attached hydrogen (secondary N) is 1. The van der Waals surface area contributed by atoms with Crippen LogP contribution < -0.4 is 15.8 Å². The highest BCUT2D eigenvalue weighted by Crippen LogP contribution is 2.34. The van der Waals surface area contributed by atoms with Crippen molar-refractivity contribution in [2.45, 2.75) is 32.2 Å². The molecular weight excluding hydrogens is 278 g/mol. The van der Waals surface area contributed by atoms with E-state index in [1.165, 1.54) is 0 Å². The summed E-state index contributed by atoms with van der Waals surface area (Å²) in [5.74, 6) is 1.05. The summed E-state index contributed by atoms with van der Waals surface area (Å²) in [6.45, 7) is 3.93. The van der Waals surface area contributed by atoms with E-state index in [1.807, 2.05) is 38.1 Å². The summed E-state index contributed by atoms with van der Waals surface area (Å²) in [6.07, 6.45) is 3.18. The Morgan fingerprint density at radius 2 is 2.05 bits per heavy atom. The van der Waals surface area contributed by atoms with Crippen molar-refractivity contribution in [1.82, 2.24) is 4.98 Å². The Kier molecular flexibility index (Phi) is 3.58. The van der Waals surface area contributed by atoms with Gasteiger partial charge in [-0.3, -0.25) is 4.79 Å². The predicted octanol–water partition coefficient (Wildman–Crippen LogP) is 2.92. The number of nitrogens with two attached hydrogens (primary N) is 1. The van der Waals surface area contributed by atoms with Crippen molar-refractivity contribution in [1.29, 1.82) is 0 Å². The van der Waals surface area contributed by atoms with Crippen LogP contribution in [-0.4, -0.2) is 16.4 Å². The van der Waals surface area contributed by atoms with E-state index in [-0.39, 0.29) is 5.91 Å². The number of benzene rings is 1. The predicted molar refractivity (Wildman–Crippen MR) is 85.0 cm³/mol. The van der Waals surface area contributed by atoms with Crippen LogP contribution in [0.2, 0.25) is 0 Å². The van der Waals surface area contributed by atoms with Gasteiger partial charge in [-0.15, -0.1) is 0 Å². The van der Waals surface area contributed by atoms with Crippen LogP contribution in [0.3, 0.4) is 0 Å². The number of rotatable bonds is 4. The van der Waals surface area contributed by atoms with Gasteiger partial charge < -0.3 is 15.8 Å². The molecule has 3 N–H and O–H groups in total. The molecule has 0 saturated heterocycles. The van der Waals surface area contributed by atoms with Crippen molar-refractivity contribution < 1.29 is 9.53 Å². The van der Waals surface area contributed by atoms with Crippen molar-refractivity contribution in [2.24, 2.45) is 5.73 Å². The van der Waals surface area contributed by atoms with Gasteiger partial charge in [-0.05, 0) is 49.9 Å². The SMILES string of the molecule is Cc1ccnc(Oc2cc(NC(=O)C3(N)CC3)ccc2C)c1. The van der Waals surface area contributed by atoms with Gasteiger partial charge in [-0.2, -0.15) is 0 Å². The number of aryl methyl sites for hydroxylation is 2. The second kappa shape index (κ2) is 5.42. The molecule has 1 aliphatic rings. The third-order valence-electron chi connectivity index (χ3n) is 3.79. The first-order valence-electron chi connectivity index (χ1n) is 7.28. The average molecular weight is 297 g/mol. The number of carbonyl (C=O) groups is 1. The lowest BCUT2D eigenvalue weighted by Crippen LogP contribution is -2.37. The first-order valence-corrected chi connectivity index (χ1v) is 7.28. The van der Waals surface area contributed by atoms with Crippen LogP contribution in [0.5, 0.6) is 11.6 Å². The number of ether oxygens (including phenoxy) is 1. The van der Waals surface area contributed by atoms with Gasteiger partial charge in [-0.25, -0.2) is 4.98 Å². The molecule has 1 heterocycles. The molecule has 0 bridgehead atoms. The van der Waals surface area contributed by atoms with Gasteiger partial charge in [0.1, 0.15) is 5.75 Å². The number of pyridine rings is 1. The fraction of sp³-hybridized carbons (Fsp3) is 0.294. The van der Waals surface area contributed by atoms with Gasteiger partial charge in [0.05, 0.1) is 5.54 Å². The van der Waals surface area contributed by atoms with E-state index in [4.69, 9.17) is 10.5 Å². The second-order valence-electron chi connectivity index (χ2n) is 5.86. The van der Waals surface area contributed by atoms with E-state index in [9.17, 15) is 4.79 Å². The van der Waals surface area contributed by atoms with Gasteiger partial charge in [-0.1, -0.05) is 6.07 Å². The van der Waals surface area contributed by atoms with E-state index in [2.05, 4.69) is 10.3 Å².